The highest BCUT2D eigenvalue weighted by atomic mass is 35.5. The molecule has 0 heterocycles. The summed E-state index contributed by atoms with van der Waals surface area (Å²) >= 11 is 10.9. The fourth-order valence-electron chi connectivity index (χ4n) is 2.49. The first-order chi connectivity index (χ1) is 11.7. The van der Waals surface area contributed by atoms with Crippen molar-refractivity contribution in [3.8, 4) is 0 Å². The van der Waals surface area contributed by atoms with Crippen LogP contribution in [0.5, 0.6) is 0 Å². The average Bonchev–Trinajstić information content (AvgIpc) is 2.50. The van der Waals surface area contributed by atoms with Crippen molar-refractivity contribution in [2.24, 2.45) is 0 Å². The van der Waals surface area contributed by atoms with Crippen molar-refractivity contribution in [3.63, 3.8) is 0 Å². The van der Waals surface area contributed by atoms with Crippen LogP contribution in [-0.4, -0.2) is 15.9 Å². The van der Waals surface area contributed by atoms with Crippen LogP contribution in [0.3, 0.4) is 0 Å². The predicted molar refractivity (Wildman–Crippen MR) is 102 cm³/mol. The van der Waals surface area contributed by atoms with Crippen molar-refractivity contribution in [1.29, 1.82) is 0 Å². The normalized spacial score (nSPS) is 10.2. The molecule has 2 aromatic carbocycles. The van der Waals surface area contributed by atoms with Gasteiger partial charge in [0.1, 0.15) is 5.02 Å². The maximum absolute atomic E-state index is 12.3. The van der Waals surface area contributed by atoms with E-state index < -0.39 is 10.8 Å². The van der Waals surface area contributed by atoms with Gasteiger partial charge in [-0.2, -0.15) is 0 Å². The summed E-state index contributed by atoms with van der Waals surface area (Å²) < 4.78 is 0. The number of nitrogens with zero attached hydrogens (tertiary/aromatic N) is 1. The highest BCUT2D eigenvalue weighted by molar-refractivity contribution is 7.80. The molecule has 0 aliphatic rings. The Morgan fingerprint density at radius 2 is 1.76 bits per heavy atom. The zero-order chi connectivity index (χ0) is 18.7. The zero-order valence-corrected chi connectivity index (χ0v) is 15.4. The molecule has 130 valence electrons. The van der Waals surface area contributed by atoms with Crippen molar-refractivity contribution >= 4 is 46.2 Å². The molecule has 0 saturated carbocycles. The Labute approximate surface area is 155 Å². The first-order valence-electron chi connectivity index (χ1n) is 7.33. The number of carbonyl (C=O) groups is 1. The van der Waals surface area contributed by atoms with Crippen LogP contribution >= 0.6 is 23.8 Å². The molecule has 2 aromatic rings. The lowest BCUT2D eigenvalue weighted by Gasteiger charge is -2.15. The summed E-state index contributed by atoms with van der Waals surface area (Å²) in [5.41, 5.74) is 3.70. The Morgan fingerprint density at radius 3 is 2.32 bits per heavy atom. The van der Waals surface area contributed by atoms with Gasteiger partial charge < -0.3 is 5.32 Å². The van der Waals surface area contributed by atoms with Crippen LogP contribution in [0.4, 0.5) is 11.4 Å². The number of nitro benzene ring substituents is 1. The predicted octanol–water partition coefficient (Wildman–Crippen LogP) is 4.30. The van der Waals surface area contributed by atoms with E-state index in [9.17, 15) is 14.9 Å². The number of nitro groups is 1. The van der Waals surface area contributed by atoms with E-state index in [1.165, 1.54) is 12.1 Å². The molecule has 2 N–H and O–H groups in total. The number of thiocarbonyl (C=S) groups is 1. The molecule has 0 saturated heterocycles. The van der Waals surface area contributed by atoms with Crippen LogP contribution in [0.15, 0.2) is 30.3 Å². The Kier molecular flexibility index (Phi) is 5.71. The molecule has 0 aliphatic heterocycles. The maximum atomic E-state index is 12.3. The quantitative estimate of drug-likeness (QED) is 0.473. The van der Waals surface area contributed by atoms with E-state index in [-0.39, 0.29) is 21.4 Å². The number of amides is 1. The topological polar surface area (TPSA) is 84.3 Å². The SMILES string of the molecule is Cc1cc(C)c(NC(=S)NC(=O)c2ccc(Cl)c([N+](=O)[O-])c2)c(C)c1. The van der Waals surface area contributed by atoms with Gasteiger partial charge in [-0.05, 0) is 56.2 Å². The minimum Gasteiger partial charge on any atom is -0.332 e. The smallest absolute Gasteiger partial charge is 0.288 e. The van der Waals surface area contributed by atoms with Gasteiger partial charge in [-0.1, -0.05) is 29.3 Å². The molecule has 2 rings (SSSR count). The van der Waals surface area contributed by atoms with Gasteiger partial charge >= 0.3 is 0 Å². The van der Waals surface area contributed by atoms with Crippen molar-refractivity contribution < 1.29 is 9.72 Å². The van der Waals surface area contributed by atoms with Crippen LogP contribution in [0.25, 0.3) is 0 Å². The van der Waals surface area contributed by atoms with Crippen LogP contribution in [0.2, 0.25) is 5.02 Å². The van der Waals surface area contributed by atoms with Gasteiger partial charge in [-0.3, -0.25) is 20.2 Å². The minimum absolute atomic E-state index is 0.0341. The largest absolute Gasteiger partial charge is 0.332 e. The molecule has 0 atom stereocenters. The molecule has 0 fully saturated rings. The fraction of sp³-hybridized carbons (Fsp3) is 0.176. The van der Waals surface area contributed by atoms with Gasteiger partial charge in [0.05, 0.1) is 4.92 Å². The maximum Gasteiger partial charge on any atom is 0.288 e. The Morgan fingerprint density at radius 1 is 1.16 bits per heavy atom. The van der Waals surface area contributed by atoms with Crippen molar-refractivity contribution in [2.75, 3.05) is 5.32 Å². The fourth-order valence-corrected chi connectivity index (χ4v) is 2.87. The summed E-state index contributed by atoms with van der Waals surface area (Å²) in [6, 6.07) is 7.82. The summed E-state index contributed by atoms with van der Waals surface area (Å²) in [5.74, 6) is -0.556. The van der Waals surface area contributed by atoms with Crippen molar-refractivity contribution in [3.05, 3.63) is 67.7 Å². The highest BCUT2D eigenvalue weighted by Gasteiger charge is 2.17. The van der Waals surface area contributed by atoms with E-state index in [0.717, 1.165) is 28.4 Å². The van der Waals surface area contributed by atoms with E-state index in [1.54, 1.807) is 0 Å². The van der Waals surface area contributed by atoms with Gasteiger partial charge in [0.15, 0.2) is 5.11 Å². The summed E-state index contributed by atoms with van der Waals surface area (Å²) in [4.78, 5) is 22.5. The molecular formula is C17H16ClN3O3S. The molecule has 25 heavy (non-hydrogen) atoms. The van der Waals surface area contributed by atoms with Gasteiger partial charge in [0.25, 0.3) is 11.6 Å². The summed E-state index contributed by atoms with van der Waals surface area (Å²) in [7, 11) is 0. The molecule has 0 unspecified atom stereocenters. The zero-order valence-electron chi connectivity index (χ0n) is 13.8. The monoisotopic (exact) mass is 377 g/mol. The van der Waals surface area contributed by atoms with Crippen molar-refractivity contribution in [1.82, 2.24) is 5.32 Å². The molecule has 6 nitrogen and oxygen atoms in total. The molecule has 0 aromatic heterocycles. The number of rotatable bonds is 3. The van der Waals surface area contributed by atoms with Crippen LogP contribution in [0, 0.1) is 30.9 Å². The third-order valence-electron chi connectivity index (χ3n) is 3.55. The van der Waals surface area contributed by atoms with E-state index in [2.05, 4.69) is 10.6 Å². The number of hydrogen-bond acceptors (Lipinski definition) is 4. The second-order valence-electron chi connectivity index (χ2n) is 5.61. The van der Waals surface area contributed by atoms with E-state index >= 15 is 0 Å². The molecular weight excluding hydrogens is 362 g/mol. The molecule has 0 radical (unpaired) electrons. The first kappa shape index (κ1) is 18.8. The van der Waals surface area contributed by atoms with E-state index in [4.69, 9.17) is 23.8 Å². The lowest BCUT2D eigenvalue weighted by molar-refractivity contribution is -0.384. The molecule has 0 aliphatic carbocycles. The first-order valence-corrected chi connectivity index (χ1v) is 8.11. The standard InChI is InChI=1S/C17H16ClN3O3S/c1-9-6-10(2)15(11(3)7-9)19-17(25)20-16(22)12-4-5-13(18)14(8-12)21(23)24/h4-8H,1-3H3,(H2,19,20,22,25). The number of halogens is 1. The minimum atomic E-state index is -0.644. The summed E-state index contributed by atoms with van der Waals surface area (Å²) in [6.07, 6.45) is 0. The van der Waals surface area contributed by atoms with Crippen LogP contribution < -0.4 is 10.6 Å². The van der Waals surface area contributed by atoms with Crippen LogP contribution in [-0.2, 0) is 0 Å². The number of benzene rings is 2. The molecule has 0 bridgehead atoms. The third-order valence-corrected chi connectivity index (χ3v) is 4.07. The molecule has 0 spiro atoms. The lowest BCUT2D eigenvalue weighted by Crippen LogP contribution is -2.34. The Balaban J connectivity index is 2.15. The van der Waals surface area contributed by atoms with Gasteiger partial charge in [-0.25, -0.2) is 0 Å². The van der Waals surface area contributed by atoms with Crippen molar-refractivity contribution in [2.45, 2.75) is 20.8 Å². The summed E-state index contributed by atoms with van der Waals surface area (Å²) in [5, 5.41) is 16.5. The van der Waals surface area contributed by atoms with Gasteiger partial charge in [0.2, 0.25) is 0 Å². The average molecular weight is 378 g/mol. The van der Waals surface area contributed by atoms with Crippen LogP contribution in [0.1, 0.15) is 27.0 Å². The second-order valence-corrected chi connectivity index (χ2v) is 6.42. The van der Waals surface area contributed by atoms with Gasteiger partial charge in [-0.15, -0.1) is 0 Å². The number of hydrogen-bond donors (Lipinski definition) is 2. The number of nitrogens with one attached hydrogen (secondary N) is 2. The number of anilines is 1. The Hall–Kier alpha value is -2.51. The highest BCUT2D eigenvalue weighted by Crippen LogP contribution is 2.25. The molecule has 1 amide bonds. The van der Waals surface area contributed by atoms with E-state index in [0.29, 0.717) is 0 Å². The number of aryl methyl sites for hydroxylation is 3. The van der Waals surface area contributed by atoms with Gasteiger partial charge in [0, 0.05) is 17.3 Å². The number of carbonyl (C=O) groups excluding carboxylic acids is 1. The lowest BCUT2D eigenvalue weighted by atomic mass is 10.1. The summed E-state index contributed by atoms with van der Waals surface area (Å²) in [6.45, 7) is 5.88. The third kappa shape index (κ3) is 4.52. The Bertz CT molecular complexity index is 860. The molecule has 8 heteroatoms. The van der Waals surface area contributed by atoms with E-state index in [1.807, 2.05) is 32.9 Å². The second kappa shape index (κ2) is 7.58.